The van der Waals surface area contributed by atoms with E-state index in [1.54, 1.807) is 24.4 Å². The molecule has 0 saturated carbocycles. The van der Waals surface area contributed by atoms with E-state index < -0.39 is 0 Å². The molecule has 0 radical (unpaired) electrons. The van der Waals surface area contributed by atoms with Crippen LogP contribution in [0.15, 0.2) is 36.5 Å². The summed E-state index contributed by atoms with van der Waals surface area (Å²) in [5.41, 5.74) is 4.01. The summed E-state index contributed by atoms with van der Waals surface area (Å²) in [5.74, 6) is 6.42. The van der Waals surface area contributed by atoms with Crippen molar-refractivity contribution in [3.8, 4) is 17.6 Å². The summed E-state index contributed by atoms with van der Waals surface area (Å²) in [6.07, 6.45) is 5.10. The Morgan fingerprint density at radius 3 is 2.88 bits per heavy atom. The number of benzene rings is 1. The number of aromatic hydroxyl groups is 1. The van der Waals surface area contributed by atoms with Crippen molar-refractivity contribution < 1.29 is 9.90 Å². The van der Waals surface area contributed by atoms with Gasteiger partial charge in [-0.15, -0.1) is 0 Å². The summed E-state index contributed by atoms with van der Waals surface area (Å²) in [7, 11) is 0. The number of nitrogens with zero attached hydrogens (tertiary/aromatic N) is 3. The monoisotopic (exact) mass is 347 g/mol. The number of hydrogen-bond donors (Lipinski definition) is 1. The van der Waals surface area contributed by atoms with Crippen LogP contribution in [0.5, 0.6) is 5.75 Å². The van der Waals surface area contributed by atoms with Crippen LogP contribution in [-0.2, 0) is 4.79 Å². The van der Waals surface area contributed by atoms with Crippen LogP contribution >= 0.6 is 0 Å². The molecule has 3 rings (SSSR count). The molecule has 0 bridgehead atoms. The first-order chi connectivity index (χ1) is 12.6. The van der Waals surface area contributed by atoms with Gasteiger partial charge in [0.15, 0.2) is 0 Å². The number of hydrogen-bond acceptors (Lipinski definition) is 4. The molecule has 0 saturated heterocycles. The number of carbonyl (C=O) groups excluding carboxylic acids is 1. The van der Waals surface area contributed by atoms with E-state index in [0.717, 1.165) is 28.9 Å². The maximum Gasteiger partial charge on any atom is 0.222 e. The Morgan fingerprint density at radius 2 is 2.19 bits per heavy atom. The summed E-state index contributed by atoms with van der Waals surface area (Å²) in [6.45, 7) is 5.07. The average molecular weight is 347 g/mol. The Morgan fingerprint density at radius 1 is 1.35 bits per heavy atom. The molecule has 1 aromatic carbocycles. The molecule has 5 nitrogen and oxygen atoms in total. The van der Waals surface area contributed by atoms with Crippen LogP contribution in [-0.4, -0.2) is 39.0 Å². The highest BCUT2D eigenvalue weighted by Gasteiger charge is 2.17. The summed E-state index contributed by atoms with van der Waals surface area (Å²) in [5, 5.41) is 9.53. The van der Waals surface area contributed by atoms with Crippen molar-refractivity contribution in [1.29, 1.82) is 0 Å². The molecule has 26 heavy (non-hydrogen) atoms. The van der Waals surface area contributed by atoms with Crippen molar-refractivity contribution in [3.05, 3.63) is 59.2 Å². The largest absolute Gasteiger partial charge is 0.508 e. The van der Waals surface area contributed by atoms with Crippen LogP contribution < -0.4 is 0 Å². The van der Waals surface area contributed by atoms with E-state index in [9.17, 15) is 9.90 Å². The molecule has 0 atom stereocenters. The third kappa shape index (κ3) is 4.09. The lowest BCUT2D eigenvalue weighted by atomic mass is 10.0. The van der Waals surface area contributed by atoms with Crippen LogP contribution in [0.2, 0.25) is 0 Å². The Bertz CT molecular complexity index is 922. The van der Waals surface area contributed by atoms with Gasteiger partial charge in [0.25, 0.3) is 0 Å². The van der Waals surface area contributed by atoms with Crippen molar-refractivity contribution in [2.75, 3.05) is 13.1 Å². The van der Waals surface area contributed by atoms with Gasteiger partial charge in [-0.1, -0.05) is 25.0 Å². The van der Waals surface area contributed by atoms with Gasteiger partial charge in [0.2, 0.25) is 5.91 Å². The molecule has 2 heterocycles. The number of aryl methyl sites for hydroxylation is 1. The lowest BCUT2D eigenvalue weighted by Crippen LogP contribution is -2.34. The normalized spacial score (nSPS) is 13.6. The predicted molar refractivity (Wildman–Crippen MR) is 100 cm³/mol. The van der Waals surface area contributed by atoms with Gasteiger partial charge in [0, 0.05) is 25.1 Å². The van der Waals surface area contributed by atoms with Gasteiger partial charge in [-0.05, 0) is 43.0 Å². The quantitative estimate of drug-likeness (QED) is 0.848. The van der Waals surface area contributed by atoms with Crippen LogP contribution in [0.1, 0.15) is 42.4 Å². The third-order valence-electron chi connectivity index (χ3n) is 4.32. The van der Waals surface area contributed by atoms with E-state index in [1.165, 1.54) is 0 Å². The van der Waals surface area contributed by atoms with Gasteiger partial charge in [-0.3, -0.25) is 9.78 Å². The topological polar surface area (TPSA) is 66.3 Å². The number of phenolic OH excluding ortho intramolecular Hbond substituents is 1. The van der Waals surface area contributed by atoms with Crippen LogP contribution in [0.25, 0.3) is 5.57 Å². The maximum atomic E-state index is 11.8. The Labute approximate surface area is 153 Å². The highest BCUT2D eigenvalue weighted by Crippen LogP contribution is 2.21. The zero-order valence-electron chi connectivity index (χ0n) is 15.0. The average Bonchev–Trinajstić information content (AvgIpc) is 2.67. The van der Waals surface area contributed by atoms with E-state index in [2.05, 4.69) is 21.8 Å². The lowest BCUT2D eigenvalue weighted by molar-refractivity contribution is -0.130. The van der Waals surface area contributed by atoms with Gasteiger partial charge in [0.05, 0.1) is 17.6 Å². The molecule has 1 amide bonds. The lowest BCUT2D eigenvalue weighted by Gasteiger charge is -2.26. The Balaban J connectivity index is 1.83. The molecule has 0 spiro atoms. The highest BCUT2D eigenvalue weighted by atomic mass is 16.3. The van der Waals surface area contributed by atoms with Crippen molar-refractivity contribution in [2.45, 2.75) is 26.7 Å². The summed E-state index contributed by atoms with van der Waals surface area (Å²) < 4.78 is 0. The molecule has 1 N–H and O–H groups in total. The van der Waals surface area contributed by atoms with Gasteiger partial charge in [0.1, 0.15) is 11.4 Å². The highest BCUT2D eigenvalue weighted by molar-refractivity contribution is 5.77. The minimum absolute atomic E-state index is 0.174. The molecule has 0 unspecified atom stereocenters. The smallest absolute Gasteiger partial charge is 0.222 e. The van der Waals surface area contributed by atoms with Gasteiger partial charge < -0.3 is 10.0 Å². The minimum atomic E-state index is 0.174. The molecule has 0 aliphatic carbocycles. The molecular weight excluding hydrogens is 326 g/mol. The summed E-state index contributed by atoms with van der Waals surface area (Å²) in [6, 6.07) is 6.81. The van der Waals surface area contributed by atoms with Crippen LogP contribution in [0, 0.1) is 18.8 Å². The number of phenols is 1. The van der Waals surface area contributed by atoms with Crippen molar-refractivity contribution in [3.63, 3.8) is 0 Å². The second-order valence-corrected chi connectivity index (χ2v) is 6.16. The van der Waals surface area contributed by atoms with Crippen molar-refractivity contribution in [2.24, 2.45) is 0 Å². The molecule has 1 aliphatic heterocycles. The maximum absolute atomic E-state index is 11.8. The second-order valence-electron chi connectivity index (χ2n) is 6.16. The fourth-order valence-electron chi connectivity index (χ4n) is 2.79. The zero-order valence-corrected chi connectivity index (χ0v) is 15.0. The first kappa shape index (κ1) is 17.7. The number of rotatable bonds is 2. The van der Waals surface area contributed by atoms with Crippen LogP contribution in [0.3, 0.4) is 0 Å². The molecule has 2 aromatic rings. The number of carbonyl (C=O) groups is 1. The third-order valence-corrected chi connectivity index (χ3v) is 4.32. The van der Waals surface area contributed by atoms with E-state index in [0.29, 0.717) is 25.2 Å². The van der Waals surface area contributed by atoms with Crippen LogP contribution in [0.4, 0.5) is 0 Å². The summed E-state index contributed by atoms with van der Waals surface area (Å²) >= 11 is 0. The molecular formula is C21H21N3O2. The van der Waals surface area contributed by atoms with E-state index >= 15 is 0 Å². The zero-order chi connectivity index (χ0) is 18.5. The molecule has 132 valence electrons. The van der Waals surface area contributed by atoms with E-state index in [1.807, 2.05) is 30.9 Å². The standard InChI is InChI=1S/C21H21N3O2/c1-3-21(26)24-11-9-17(10-12-24)20-14-22-15(2)19(23-20)8-7-16-5-4-6-18(25)13-16/h4-6,9,13-14,25H,3,10-12H2,1-2H3. The molecule has 5 heteroatoms. The summed E-state index contributed by atoms with van der Waals surface area (Å²) in [4.78, 5) is 22.7. The predicted octanol–water partition coefficient (Wildman–Crippen LogP) is 2.92. The van der Waals surface area contributed by atoms with E-state index in [-0.39, 0.29) is 11.7 Å². The second kappa shape index (κ2) is 7.83. The molecule has 1 aliphatic rings. The van der Waals surface area contributed by atoms with Crippen molar-refractivity contribution in [1.82, 2.24) is 14.9 Å². The molecule has 0 fully saturated rings. The fraction of sp³-hybridized carbons (Fsp3) is 0.286. The SMILES string of the molecule is CCC(=O)N1CC=C(c2cnc(C)c(C#Cc3cccc(O)c3)n2)CC1. The first-order valence-electron chi connectivity index (χ1n) is 8.68. The minimum Gasteiger partial charge on any atom is -0.508 e. The fourth-order valence-corrected chi connectivity index (χ4v) is 2.79. The molecule has 1 aromatic heterocycles. The van der Waals surface area contributed by atoms with Gasteiger partial charge in [-0.2, -0.15) is 0 Å². The first-order valence-corrected chi connectivity index (χ1v) is 8.68. The Hall–Kier alpha value is -3.13. The van der Waals surface area contributed by atoms with Gasteiger partial charge in [-0.25, -0.2) is 4.98 Å². The number of amides is 1. The Kier molecular flexibility index (Phi) is 5.33. The van der Waals surface area contributed by atoms with Gasteiger partial charge >= 0.3 is 0 Å². The van der Waals surface area contributed by atoms with Crippen molar-refractivity contribution >= 4 is 11.5 Å². The van der Waals surface area contributed by atoms with E-state index in [4.69, 9.17) is 0 Å². The number of aromatic nitrogens is 2.